The normalized spacial score (nSPS) is 12.2. The summed E-state index contributed by atoms with van der Waals surface area (Å²) in [6.45, 7) is 1.14. The Hall–Kier alpha value is -1.29. The lowest BCUT2D eigenvalue weighted by Crippen LogP contribution is -2.24. The van der Waals surface area contributed by atoms with Crippen molar-refractivity contribution in [3.05, 3.63) is 66.2 Å². The average molecular weight is 287 g/mol. The predicted molar refractivity (Wildman–Crippen MR) is 86.1 cm³/mol. The second kappa shape index (κ2) is 8.80. The van der Waals surface area contributed by atoms with Crippen molar-refractivity contribution in [2.24, 2.45) is 0 Å². The smallest absolute Gasteiger partial charge is 0.0449 e. The van der Waals surface area contributed by atoms with Gasteiger partial charge in [-0.25, -0.2) is 0 Å². The van der Waals surface area contributed by atoms with Crippen molar-refractivity contribution in [1.29, 1.82) is 0 Å². The monoisotopic (exact) mass is 287 g/mol. The van der Waals surface area contributed by atoms with Crippen molar-refractivity contribution < 1.29 is 5.11 Å². The first-order valence-corrected chi connectivity index (χ1v) is 7.96. The lowest BCUT2D eigenvalue weighted by Gasteiger charge is -2.18. The summed E-state index contributed by atoms with van der Waals surface area (Å²) in [5.41, 5.74) is 1.24. The molecule has 2 aromatic rings. The van der Waals surface area contributed by atoms with Crippen molar-refractivity contribution >= 4 is 11.8 Å². The fraction of sp³-hybridized carbons (Fsp3) is 0.294. The topological polar surface area (TPSA) is 32.3 Å². The third-order valence-electron chi connectivity index (χ3n) is 3.12. The van der Waals surface area contributed by atoms with E-state index >= 15 is 0 Å². The zero-order chi connectivity index (χ0) is 14.0. The van der Waals surface area contributed by atoms with E-state index in [4.69, 9.17) is 0 Å². The van der Waals surface area contributed by atoms with E-state index in [0.717, 1.165) is 18.7 Å². The minimum Gasteiger partial charge on any atom is -0.396 e. The van der Waals surface area contributed by atoms with Crippen LogP contribution >= 0.6 is 11.8 Å². The van der Waals surface area contributed by atoms with Gasteiger partial charge in [-0.15, -0.1) is 11.8 Å². The quantitative estimate of drug-likeness (QED) is 0.576. The summed E-state index contributed by atoms with van der Waals surface area (Å²) in [5, 5.41) is 12.7. The summed E-state index contributed by atoms with van der Waals surface area (Å²) in [4.78, 5) is 1.30. The van der Waals surface area contributed by atoms with Gasteiger partial charge >= 0.3 is 0 Å². The van der Waals surface area contributed by atoms with Crippen molar-refractivity contribution in [3.8, 4) is 0 Å². The zero-order valence-corrected chi connectivity index (χ0v) is 12.4. The van der Waals surface area contributed by atoms with Crippen LogP contribution in [-0.2, 0) is 0 Å². The summed E-state index contributed by atoms with van der Waals surface area (Å²) in [5.74, 6) is 1.03. The number of benzene rings is 2. The molecule has 0 saturated carbocycles. The van der Waals surface area contributed by atoms with Crippen LogP contribution in [0.25, 0.3) is 0 Å². The van der Waals surface area contributed by atoms with E-state index in [0.29, 0.717) is 0 Å². The SMILES string of the molecule is OCCC(NCCSc1ccccc1)c1ccccc1. The van der Waals surface area contributed by atoms with E-state index in [-0.39, 0.29) is 12.6 Å². The third kappa shape index (κ3) is 5.00. The van der Waals surface area contributed by atoms with Crippen molar-refractivity contribution in [2.45, 2.75) is 17.4 Å². The van der Waals surface area contributed by atoms with Crippen molar-refractivity contribution in [3.63, 3.8) is 0 Å². The lowest BCUT2D eigenvalue weighted by atomic mass is 10.0. The first kappa shape index (κ1) is 15.1. The molecule has 20 heavy (non-hydrogen) atoms. The van der Waals surface area contributed by atoms with Gasteiger partial charge in [-0.3, -0.25) is 0 Å². The minimum absolute atomic E-state index is 0.207. The first-order valence-electron chi connectivity index (χ1n) is 6.97. The van der Waals surface area contributed by atoms with E-state index in [1.165, 1.54) is 10.5 Å². The third-order valence-corrected chi connectivity index (χ3v) is 4.14. The molecule has 0 aliphatic rings. The summed E-state index contributed by atoms with van der Waals surface area (Å²) in [6.07, 6.45) is 0.750. The highest BCUT2D eigenvalue weighted by molar-refractivity contribution is 7.99. The van der Waals surface area contributed by atoms with Gasteiger partial charge in [0.15, 0.2) is 0 Å². The van der Waals surface area contributed by atoms with E-state index in [1.54, 1.807) is 0 Å². The molecule has 2 aromatic carbocycles. The van der Waals surface area contributed by atoms with Gasteiger partial charge < -0.3 is 10.4 Å². The maximum Gasteiger partial charge on any atom is 0.0449 e. The van der Waals surface area contributed by atoms with Crippen molar-refractivity contribution in [2.75, 3.05) is 18.9 Å². The van der Waals surface area contributed by atoms with E-state index < -0.39 is 0 Å². The van der Waals surface area contributed by atoms with Crippen LogP contribution in [0.2, 0.25) is 0 Å². The maximum absolute atomic E-state index is 9.19. The van der Waals surface area contributed by atoms with Crippen LogP contribution in [0, 0.1) is 0 Å². The van der Waals surface area contributed by atoms with Crippen LogP contribution in [-0.4, -0.2) is 24.0 Å². The highest BCUT2D eigenvalue weighted by Gasteiger charge is 2.09. The van der Waals surface area contributed by atoms with Crippen LogP contribution in [0.4, 0.5) is 0 Å². The van der Waals surface area contributed by atoms with E-state index in [1.807, 2.05) is 36.0 Å². The van der Waals surface area contributed by atoms with Crippen LogP contribution in [0.5, 0.6) is 0 Å². The number of hydrogen-bond donors (Lipinski definition) is 2. The molecular formula is C17H21NOS. The Morgan fingerprint density at radius 3 is 2.25 bits per heavy atom. The Morgan fingerprint density at radius 2 is 1.60 bits per heavy atom. The fourth-order valence-corrected chi connectivity index (χ4v) is 2.92. The molecule has 2 nitrogen and oxygen atoms in total. The molecule has 1 unspecified atom stereocenters. The van der Waals surface area contributed by atoms with Crippen LogP contribution in [0.15, 0.2) is 65.6 Å². The van der Waals surface area contributed by atoms with Gasteiger partial charge in [0.1, 0.15) is 0 Å². The van der Waals surface area contributed by atoms with Gasteiger partial charge in [-0.1, -0.05) is 48.5 Å². The summed E-state index contributed by atoms with van der Waals surface area (Å²) in [6, 6.07) is 21.0. The first-order chi connectivity index (χ1) is 9.90. The molecule has 3 heteroatoms. The van der Waals surface area contributed by atoms with Crippen molar-refractivity contribution in [1.82, 2.24) is 5.32 Å². The number of rotatable bonds is 8. The molecule has 1 atom stereocenters. The second-order valence-electron chi connectivity index (χ2n) is 4.59. The van der Waals surface area contributed by atoms with Crippen LogP contribution in [0.1, 0.15) is 18.0 Å². The van der Waals surface area contributed by atoms with Gasteiger partial charge in [0.25, 0.3) is 0 Å². The Labute approximate surface area is 125 Å². The number of hydrogen-bond acceptors (Lipinski definition) is 3. The molecule has 0 fully saturated rings. The molecule has 0 heterocycles. The highest BCUT2D eigenvalue weighted by Crippen LogP contribution is 2.18. The predicted octanol–water partition coefficient (Wildman–Crippen LogP) is 3.49. The molecule has 2 N–H and O–H groups in total. The molecule has 0 amide bonds. The van der Waals surface area contributed by atoms with Gasteiger partial charge in [0, 0.05) is 29.8 Å². The second-order valence-corrected chi connectivity index (χ2v) is 5.76. The number of nitrogens with one attached hydrogen (secondary N) is 1. The molecule has 0 saturated heterocycles. The zero-order valence-electron chi connectivity index (χ0n) is 11.5. The summed E-state index contributed by atoms with van der Waals surface area (Å²) in [7, 11) is 0. The lowest BCUT2D eigenvalue weighted by molar-refractivity contribution is 0.266. The molecular weight excluding hydrogens is 266 g/mol. The highest BCUT2D eigenvalue weighted by atomic mass is 32.2. The molecule has 0 spiro atoms. The number of thioether (sulfide) groups is 1. The van der Waals surface area contributed by atoms with Gasteiger partial charge in [-0.2, -0.15) is 0 Å². The van der Waals surface area contributed by atoms with Crippen LogP contribution in [0.3, 0.4) is 0 Å². The van der Waals surface area contributed by atoms with E-state index in [9.17, 15) is 5.11 Å². The Morgan fingerprint density at radius 1 is 0.950 bits per heavy atom. The molecule has 0 aliphatic carbocycles. The summed E-state index contributed by atoms with van der Waals surface area (Å²) >= 11 is 1.85. The standard InChI is InChI=1S/C17H21NOS/c19-13-11-17(15-7-3-1-4-8-15)18-12-14-20-16-9-5-2-6-10-16/h1-10,17-19H,11-14H2. The molecule has 0 bridgehead atoms. The largest absolute Gasteiger partial charge is 0.396 e. The molecule has 2 rings (SSSR count). The molecule has 0 aromatic heterocycles. The summed E-state index contributed by atoms with van der Waals surface area (Å²) < 4.78 is 0. The van der Waals surface area contributed by atoms with Crippen LogP contribution < -0.4 is 5.32 Å². The van der Waals surface area contributed by atoms with Gasteiger partial charge in [0.2, 0.25) is 0 Å². The molecule has 0 aliphatic heterocycles. The average Bonchev–Trinajstić information content (AvgIpc) is 2.52. The van der Waals surface area contributed by atoms with E-state index in [2.05, 4.69) is 41.7 Å². The van der Waals surface area contributed by atoms with Gasteiger partial charge in [0.05, 0.1) is 0 Å². The maximum atomic E-state index is 9.19. The minimum atomic E-state index is 0.207. The molecule has 0 radical (unpaired) electrons. The Bertz CT molecular complexity index is 475. The van der Waals surface area contributed by atoms with Gasteiger partial charge in [-0.05, 0) is 24.1 Å². The fourth-order valence-electron chi connectivity index (χ4n) is 2.12. The number of aliphatic hydroxyl groups excluding tert-OH is 1. The Kier molecular flexibility index (Phi) is 6.64. The molecule has 106 valence electrons. The Balaban J connectivity index is 1.78. The number of aliphatic hydroxyl groups is 1.